The highest BCUT2D eigenvalue weighted by Gasteiger charge is 2.27. The average molecular weight is 449 g/mol. The molecule has 2 aromatic heterocycles. The van der Waals surface area contributed by atoms with Crippen LogP contribution in [-0.2, 0) is 25.6 Å². The van der Waals surface area contributed by atoms with Crippen LogP contribution in [0, 0.1) is 13.8 Å². The molecule has 0 aliphatic carbocycles. The van der Waals surface area contributed by atoms with Crippen molar-refractivity contribution in [3.05, 3.63) is 56.5 Å². The van der Waals surface area contributed by atoms with Gasteiger partial charge in [0.15, 0.2) is 0 Å². The fourth-order valence-electron chi connectivity index (χ4n) is 3.20. The number of aromatic nitrogens is 1. The Hall–Kier alpha value is -2.52. The number of ether oxygens (including phenoxy) is 2. The van der Waals surface area contributed by atoms with Crippen LogP contribution in [0.3, 0.4) is 0 Å². The first-order valence-corrected chi connectivity index (χ1v) is 11.4. The molecule has 3 heterocycles. The molecule has 0 unspecified atom stereocenters. The van der Waals surface area contributed by atoms with E-state index < -0.39 is 5.97 Å². The number of hydrogen-bond acceptors (Lipinski definition) is 7. The summed E-state index contributed by atoms with van der Waals surface area (Å²) < 4.78 is 12.2. The van der Waals surface area contributed by atoms with Gasteiger partial charge in [-0.3, -0.25) is 4.79 Å². The predicted molar refractivity (Wildman–Crippen MR) is 116 cm³/mol. The molecule has 160 valence electrons. The smallest absolute Gasteiger partial charge is 0.339 e. The Bertz CT molecular complexity index is 962. The quantitative estimate of drug-likeness (QED) is 0.350. The van der Waals surface area contributed by atoms with Crippen LogP contribution in [0.15, 0.2) is 34.7 Å². The van der Waals surface area contributed by atoms with Crippen molar-refractivity contribution in [3.8, 4) is 0 Å². The van der Waals surface area contributed by atoms with Crippen LogP contribution < -0.4 is 0 Å². The maximum atomic E-state index is 12.6. The molecule has 1 amide bonds. The van der Waals surface area contributed by atoms with Crippen molar-refractivity contribution in [1.82, 2.24) is 9.47 Å². The van der Waals surface area contributed by atoms with Crippen molar-refractivity contribution in [3.63, 3.8) is 0 Å². The fourth-order valence-corrected chi connectivity index (χ4v) is 4.85. The monoisotopic (exact) mass is 448 g/mol. The molecule has 1 saturated heterocycles. The second-order valence-corrected chi connectivity index (χ2v) is 8.81. The van der Waals surface area contributed by atoms with E-state index in [0.717, 1.165) is 17.9 Å². The lowest BCUT2D eigenvalue weighted by atomic mass is 10.2. The first-order valence-electron chi connectivity index (χ1n) is 9.49. The minimum atomic E-state index is -0.499. The van der Waals surface area contributed by atoms with Crippen molar-refractivity contribution >= 4 is 40.9 Å². The fraction of sp³-hybridized carbons (Fsp3) is 0.381. The van der Waals surface area contributed by atoms with Crippen molar-refractivity contribution in [2.24, 2.45) is 0 Å². The van der Waals surface area contributed by atoms with E-state index in [1.165, 1.54) is 34.7 Å². The maximum Gasteiger partial charge on any atom is 0.339 e. The molecule has 1 aliphatic rings. The third-order valence-electron chi connectivity index (χ3n) is 4.80. The highest BCUT2D eigenvalue weighted by atomic mass is 32.2. The van der Waals surface area contributed by atoms with E-state index in [1.54, 1.807) is 11.3 Å². The summed E-state index contributed by atoms with van der Waals surface area (Å²) in [4.78, 5) is 38.8. The number of thioether (sulfide) groups is 1. The molecular weight excluding hydrogens is 424 g/mol. The number of carbonyl (C=O) groups is 3. The summed E-state index contributed by atoms with van der Waals surface area (Å²) in [6, 6.07) is 5.93. The van der Waals surface area contributed by atoms with Gasteiger partial charge in [0.05, 0.1) is 42.7 Å². The molecule has 0 radical (unpaired) electrons. The summed E-state index contributed by atoms with van der Waals surface area (Å²) in [5.41, 5.74) is 2.44. The van der Waals surface area contributed by atoms with Crippen molar-refractivity contribution in [2.75, 3.05) is 26.0 Å². The molecule has 2 aromatic rings. The third-order valence-corrected chi connectivity index (χ3v) is 6.69. The average Bonchev–Trinajstić information content (AvgIpc) is 3.43. The first-order chi connectivity index (χ1) is 14.4. The Morgan fingerprint density at radius 2 is 2.10 bits per heavy atom. The van der Waals surface area contributed by atoms with Crippen LogP contribution in [0.5, 0.6) is 0 Å². The van der Waals surface area contributed by atoms with Crippen molar-refractivity contribution < 1.29 is 23.9 Å². The molecule has 1 aliphatic heterocycles. The summed E-state index contributed by atoms with van der Waals surface area (Å²) in [5.74, 6) is -0.646. The molecule has 30 heavy (non-hydrogen) atoms. The maximum absolute atomic E-state index is 12.6. The highest BCUT2D eigenvalue weighted by Crippen LogP contribution is 2.29. The Labute approximate surface area is 183 Å². The number of carbonyl (C=O) groups excluding carboxylic acids is 3. The van der Waals surface area contributed by atoms with Gasteiger partial charge >= 0.3 is 11.9 Å². The van der Waals surface area contributed by atoms with Gasteiger partial charge in [-0.25, -0.2) is 9.59 Å². The SMILES string of the molecule is COC(=O)/C=C1/SCC(=O)N1CCCOC(=O)c1cc(C)n(Cc2cccs2)c1C. The second kappa shape index (κ2) is 9.99. The lowest BCUT2D eigenvalue weighted by Gasteiger charge is -2.16. The summed E-state index contributed by atoms with van der Waals surface area (Å²) in [5, 5.41) is 2.60. The molecule has 7 nitrogen and oxygen atoms in total. The van der Waals surface area contributed by atoms with E-state index in [0.29, 0.717) is 29.3 Å². The van der Waals surface area contributed by atoms with E-state index in [1.807, 2.05) is 31.4 Å². The van der Waals surface area contributed by atoms with Crippen LogP contribution in [0.1, 0.15) is 33.0 Å². The number of aryl methyl sites for hydroxylation is 1. The zero-order chi connectivity index (χ0) is 21.7. The van der Waals surface area contributed by atoms with Gasteiger partial charge in [0.2, 0.25) is 5.91 Å². The number of rotatable bonds is 8. The third kappa shape index (κ3) is 5.14. The molecule has 9 heteroatoms. The van der Waals surface area contributed by atoms with Crippen molar-refractivity contribution in [1.29, 1.82) is 0 Å². The minimum absolute atomic E-state index is 0.0707. The number of esters is 2. The molecule has 0 aromatic carbocycles. The van der Waals surface area contributed by atoms with Gasteiger partial charge in [-0.2, -0.15) is 0 Å². The van der Waals surface area contributed by atoms with Gasteiger partial charge in [-0.05, 0) is 37.8 Å². The normalized spacial score (nSPS) is 15.1. The van der Waals surface area contributed by atoms with Crippen LogP contribution >= 0.6 is 23.1 Å². The Morgan fingerprint density at radius 3 is 2.80 bits per heavy atom. The number of nitrogens with zero attached hydrogens (tertiary/aromatic N) is 2. The summed E-state index contributed by atoms with van der Waals surface area (Å²) in [7, 11) is 1.29. The van der Waals surface area contributed by atoms with E-state index >= 15 is 0 Å². The summed E-state index contributed by atoms with van der Waals surface area (Å²) in [6.45, 7) is 5.18. The van der Waals surface area contributed by atoms with Crippen LogP contribution in [0.4, 0.5) is 0 Å². The van der Waals surface area contributed by atoms with E-state index in [9.17, 15) is 14.4 Å². The van der Waals surface area contributed by atoms with Gasteiger partial charge in [-0.15, -0.1) is 11.3 Å². The Morgan fingerprint density at radius 1 is 1.30 bits per heavy atom. The number of hydrogen-bond donors (Lipinski definition) is 0. The number of methoxy groups -OCH3 is 1. The summed E-state index contributed by atoms with van der Waals surface area (Å²) >= 11 is 2.98. The molecule has 0 saturated carbocycles. The van der Waals surface area contributed by atoms with Gasteiger partial charge in [-0.1, -0.05) is 17.8 Å². The van der Waals surface area contributed by atoms with E-state index in [-0.39, 0.29) is 18.5 Å². The van der Waals surface area contributed by atoms with Gasteiger partial charge in [0, 0.05) is 22.8 Å². The van der Waals surface area contributed by atoms with Gasteiger partial charge in [0.1, 0.15) is 0 Å². The first kappa shape index (κ1) is 22.2. The Kier molecular flexibility index (Phi) is 7.38. The topological polar surface area (TPSA) is 77.8 Å². The lowest BCUT2D eigenvalue weighted by Crippen LogP contribution is -2.27. The molecule has 0 spiro atoms. The molecule has 3 rings (SSSR count). The van der Waals surface area contributed by atoms with Crippen molar-refractivity contribution in [2.45, 2.75) is 26.8 Å². The van der Waals surface area contributed by atoms with Gasteiger partial charge in [0.25, 0.3) is 0 Å². The van der Waals surface area contributed by atoms with Crippen LogP contribution in [-0.4, -0.2) is 53.3 Å². The van der Waals surface area contributed by atoms with Gasteiger partial charge < -0.3 is 18.9 Å². The lowest BCUT2D eigenvalue weighted by molar-refractivity contribution is -0.134. The molecule has 0 bridgehead atoms. The zero-order valence-electron chi connectivity index (χ0n) is 17.2. The van der Waals surface area contributed by atoms with Crippen LogP contribution in [0.25, 0.3) is 0 Å². The number of amides is 1. The zero-order valence-corrected chi connectivity index (χ0v) is 18.8. The Balaban J connectivity index is 1.54. The predicted octanol–water partition coefficient (Wildman–Crippen LogP) is 3.35. The molecule has 1 fully saturated rings. The molecule has 0 N–H and O–H groups in total. The molecular formula is C21H24N2O5S2. The van der Waals surface area contributed by atoms with E-state index in [4.69, 9.17) is 4.74 Å². The number of thiophene rings is 1. The standard InChI is InChI=1S/C21H24N2O5S2/c1-14-10-17(15(2)23(14)12-16-6-4-9-29-16)21(26)28-8-5-7-22-18(24)13-30-19(22)11-20(25)27-3/h4,6,9-11H,5,7-8,12-13H2,1-3H3/b19-11+. The highest BCUT2D eigenvalue weighted by molar-refractivity contribution is 8.04. The van der Waals surface area contributed by atoms with E-state index in [2.05, 4.69) is 15.4 Å². The second-order valence-electron chi connectivity index (χ2n) is 6.78. The van der Waals surface area contributed by atoms with Crippen LogP contribution in [0.2, 0.25) is 0 Å². The minimum Gasteiger partial charge on any atom is -0.466 e. The largest absolute Gasteiger partial charge is 0.466 e. The summed E-state index contributed by atoms with van der Waals surface area (Å²) in [6.07, 6.45) is 1.79. The molecule has 0 atom stereocenters.